The molecule has 0 aliphatic carbocycles. The number of thiophene rings is 2. The average molecular weight is 529 g/mol. The Hall–Kier alpha value is 1.57. The first kappa shape index (κ1) is 12.0. The Morgan fingerprint density at radius 3 is 1.93 bits per heavy atom. The summed E-state index contributed by atoms with van der Waals surface area (Å²) in [6.45, 7) is 0. The molecule has 0 saturated heterocycles. The van der Waals surface area contributed by atoms with Crippen LogP contribution in [-0.4, -0.2) is 0 Å². The molecule has 0 aliphatic heterocycles. The van der Waals surface area contributed by atoms with Gasteiger partial charge < -0.3 is 0 Å². The Balaban J connectivity index is 2.59. The van der Waals surface area contributed by atoms with E-state index >= 15 is 0 Å². The summed E-state index contributed by atoms with van der Waals surface area (Å²) in [4.78, 5) is 2.56. The van der Waals surface area contributed by atoms with E-state index in [-0.39, 0.29) is 0 Å². The highest BCUT2D eigenvalue weighted by molar-refractivity contribution is 14.1. The predicted molar refractivity (Wildman–Crippen MR) is 83.4 cm³/mol. The summed E-state index contributed by atoms with van der Waals surface area (Å²) >= 11 is 16.5. The van der Waals surface area contributed by atoms with Crippen LogP contribution in [0.25, 0.3) is 9.75 Å². The molecule has 2 heterocycles. The fourth-order valence-electron chi connectivity index (χ4n) is 0.991. The van der Waals surface area contributed by atoms with Gasteiger partial charge in [0.15, 0.2) is 0 Å². The van der Waals surface area contributed by atoms with E-state index in [2.05, 4.69) is 82.5 Å². The van der Waals surface area contributed by atoms with E-state index in [0.717, 1.165) is 8.26 Å². The van der Waals surface area contributed by atoms with Crippen molar-refractivity contribution < 1.29 is 0 Å². The molecule has 2 rings (SSSR count). The molecule has 0 nitrogen and oxygen atoms in total. The SMILES string of the molecule is Brc1cc(Br)c(-c2sc(I)cc2Br)s1. The highest BCUT2D eigenvalue weighted by Gasteiger charge is 2.13. The maximum absolute atomic E-state index is 3.57. The predicted octanol–water partition coefficient (Wildman–Crippen LogP) is 6.37. The lowest BCUT2D eigenvalue weighted by molar-refractivity contribution is 1.79. The van der Waals surface area contributed by atoms with Crippen molar-refractivity contribution in [3.8, 4) is 9.75 Å². The van der Waals surface area contributed by atoms with Crippen LogP contribution in [0.4, 0.5) is 0 Å². The fraction of sp³-hybridized carbons (Fsp3) is 0. The molecule has 0 bridgehead atoms. The van der Waals surface area contributed by atoms with Gasteiger partial charge in [-0.1, -0.05) is 0 Å². The Labute approximate surface area is 129 Å². The largest absolute Gasteiger partial charge is 0.127 e. The van der Waals surface area contributed by atoms with Gasteiger partial charge in [-0.05, 0) is 82.5 Å². The van der Waals surface area contributed by atoms with Crippen LogP contribution in [0, 0.1) is 2.88 Å². The molecule has 0 atom stereocenters. The van der Waals surface area contributed by atoms with Crippen molar-refractivity contribution in [2.24, 2.45) is 0 Å². The first-order valence-electron chi connectivity index (χ1n) is 3.48. The quantitative estimate of drug-likeness (QED) is 0.377. The van der Waals surface area contributed by atoms with E-state index in [1.165, 1.54) is 17.1 Å². The first-order valence-corrected chi connectivity index (χ1v) is 8.57. The van der Waals surface area contributed by atoms with Crippen LogP contribution in [0.2, 0.25) is 0 Å². The molecule has 0 aliphatic rings. The molecule has 2 aromatic heterocycles. The van der Waals surface area contributed by atoms with Crippen molar-refractivity contribution in [3.05, 3.63) is 27.7 Å². The van der Waals surface area contributed by atoms with Crippen molar-refractivity contribution >= 4 is 93.1 Å². The molecule has 74 valence electrons. The topological polar surface area (TPSA) is 0 Å². The number of hydrogen-bond donors (Lipinski definition) is 0. The highest BCUT2D eigenvalue weighted by atomic mass is 127. The molecule has 0 amide bonds. The third-order valence-electron chi connectivity index (χ3n) is 1.52. The van der Waals surface area contributed by atoms with E-state index in [1.807, 2.05) is 0 Å². The third-order valence-corrected chi connectivity index (χ3v) is 6.99. The van der Waals surface area contributed by atoms with Gasteiger partial charge in [-0.3, -0.25) is 0 Å². The summed E-state index contributed by atoms with van der Waals surface area (Å²) in [5.74, 6) is 0. The summed E-state index contributed by atoms with van der Waals surface area (Å²) in [5.41, 5.74) is 0. The Morgan fingerprint density at radius 1 is 0.929 bits per heavy atom. The molecule has 14 heavy (non-hydrogen) atoms. The zero-order valence-electron chi connectivity index (χ0n) is 6.48. The molecule has 0 saturated carbocycles. The van der Waals surface area contributed by atoms with Crippen LogP contribution >= 0.6 is 93.1 Å². The minimum atomic E-state index is 1.15. The summed E-state index contributed by atoms with van der Waals surface area (Å²) in [6.07, 6.45) is 0. The monoisotopic (exact) mass is 526 g/mol. The Morgan fingerprint density at radius 2 is 1.50 bits per heavy atom. The molecule has 0 N–H and O–H groups in total. The van der Waals surface area contributed by atoms with E-state index in [0.29, 0.717) is 0 Å². The van der Waals surface area contributed by atoms with Crippen molar-refractivity contribution in [3.63, 3.8) is 0 Å². The lowest BCUT2D eigenvalue weighted by Gasteiger charge is -1.93. The number of rotatable bonds is 1. The van der Waals surface area contributed by atoms with E-state index in [1.54, 1.807) is 22.7 Å². The normalized spacial score (nSPS) is 10.9. The Kier molecular flexibility index (Phi) is 4.15. The molecule has 6 heteroatoms. The van der Waals surface area contributed by atoms with Gasteiger partial charge in [0.2, 0.25) is 0 Å². The zero-order chi connectivity index (χ0) is 10.3. The molecule has 0 spiro atoms. The molecular formula is C8H2Br3IS2. The van der Waals surface area contributed by atoms with Gasteiger partial charge in [0.1, 0.15) is 0 Å². The molecule has 2 aromatic rings. The molecule has 0 fully saturated rings. The lowest BCUT2D eigenvalue weighted by Crippen LogP contribution is -1.64. The number of hydrogen-bond acceptors (Lipinski definition) is 2. The van der Waals surface area contributed by atoms with Gasteiger partial charge in [-0.25, -0.2) is 0 Å². The van der Waals surface area contributed by atoms with Gasteiger partial charge in [0.05, 0.1) is 16.4 Å². The minimum Gasteiger partial charge on any atom is -0.127 e. The number of halogens is 4. The second-order valence-corrected chi connectivity index (χ2v) is 9.54. The van der Waals surface area contributed by atoms with Crippen LogP contribution < -0.4 is 0 Å². The van der Waals surface area contributed by atoms with Crippen LogP contribution in [0.1, 0.15) is 0 Å². The standard InChI is InChI=1S/C8H2Br3IS2/c9-3-1-5(11)13-7(3)8-4(10)2-6(12)14-8/h1-2H. The van der Waals surface area contributed by atoms with Gasteiger partial charge in [0, 0.05) is 8.95 Å². The van der Waals surface area contributed by atoms with Crippen LogP contribution in [0.15, 0.2) is 24.9 Å². The van der Waals surface area contributed by atoms with Gasteiger partial charge in [-0.15, -0.1) is 22.7 Å². The van der Waals surface area contributed by atoms with Crippen LogP contribution in [-0.2, 0) is 0 Å². The van der Waals surface area contributed by atoms with Crippen LogP contribution in [0.5, 0.6) is 0 Å². The maximum atomic E-state index is 3.57. The van der Waals surface area contributed by atoms with E-state index < -0.39 is 0 Å². The van der Waals surface area contributed by atoms with Crippen molar-refractivity contribution in [2.45, 2.75) is 0 Å². The molecule has 0 aromatic carbocycles. The average Bonchev–Trinajstić information content (AvgIpc) is 2.55. The fourth-order valence-corrected chi connectivity index (χ4v) is 7.03. The molecule has 0 unspecified atom stereocenters. The summed E-state index contributed by atoms with van der Waals surface area (Å²) in [7, 11) is 0. The van der Waals surface area contributed by atoms with Gasteiger partial charge in [0.25, 0.3) is 0 Å². The first-order chi connectivity index (χ1) is 6.58. The zero-order valence-corrected chi connectivity index (χ0v) is 15.0. The molecular weight excluding hydrogens is 527 g/mol. The van der Waals surface area contributed by atoms with Crippen molar-refractivity contribution in [1.82, 2.24) is 0 Å². The minimum absolute atomic E-state index is 1.15. The van der Waals surface area contributed by atoms with Crippen LogP contribution in [0.3, 0.4) is 0 Å². The smallest absolute Gasteiger partial charge is 0.0717 e. The van der Waals surface area contributed by atoms with Crippen molar-refractivity contribution in [2.75, 3.05) is 0 Å². The Bertz CT molecular complexity index is 431. The highest BCUT2D eigenvalue weighted by Crippen LogP contribution is 2.45. The van der Waals surface area contributed by atoms with Crippen molar-refractivity contribution in [1.29, 1.82) is 0 Å². The lowest BCUT2D eigenvalue weighted by atomic mass is 10.4. The summed E-state index contributed by atoms with van der Waals surface area (Å²) < 4.78 is 4.76. The summed E-state index contributed by atoms with van der Waals surface area (Å²) in [6, 6.07) is 4.22. The van der Waals surface area contributed by atoms with E-state index in [4.69, 9.17) is 0 Å². The van der Waals surface area contributed by atoms with E-state index in [9.17, 15) is 0 Å². The van der Waals surface area contributed by atoms with Gasteiger partial charge >= 0.3 is 0 Å². The second kappa shape index (κ2) is 4.83. The summed E-state index contributed by atoms with van der Waals surface area (Å²) in [5, 5.41) is 0. The third kappa shape index (κ3) is 2.45. The van der Waals surface area contributed by atoms with Gasteiger partial charge in [-0.2, -0.15) is 0 Å². The molecule has 0 radical (unpaired) electrons. The second-order valence-electron chi connectivity index (χ2n) is 2.46. The maximum Gasteiger partial charge on any atom is 0.0717 e.